The molecule has 0 spiro atoms. The van der Waals surface area contributed by atoms with E-state index in [1.54, 1.807) is 0 Å². The molecular weight excluding hydrogens is 152 g/mol. The molecule has 0 amide bonds. The third-order valence-corrected chi connectivity index (χ3v) is 2.20. The molecule has 72 valence electrons. The Labute approximate surface area is 74.9 Å². The average Bonchev–Trinajstić information content (AvgIpc) is 2.02. The van der Waals surface area contributed by atoms with Crippen LogP contribution < -0.4 is 5.73 Å². The van der Waals surface area contributed by atoms with E-state index in [9.17, 15) is 0 Å². The lowest BCUT2D eigenvalue weighted by Gasteiger charge is -2.24. The van der Waals surface area contributed by atoms with Crippen LogP contribution in [0.15, 0.2) is 0 Å². The number of hydrogen-bond donors (Lipinski definition) is 1. The summed E-state index contributed by atoms with van der Waals surface area (Å²) in [6, 6.07) is 0. The Morgan fingerprint density at radius 2 is 1.83 bits per heavy atom. The molecule has 1 rings (SSSR count). The van der Waals surface area contributed by atoms with Crippen molar-refractivity contribution in [3.05, 3.63) is 0 Å². The fourth-order valence-electron chi connectivity index (χ4n) is 1.53. The summed E-state index contributed by atoms with van der Waals surface area (Å²) in [5.41, 5.74) is 5.46. The molecule has 0 aliphatic carbocycles. The summed E-state index contributed by atoms with van der Waals surface area (Å²) in [6.45, 7) is 6.20. The van der Waals surface area contributed by atoms with Gasteiger partial charge >= 0.3 is 0 Å². The van der Waals surface area contributed by atoms with Crippen LogP contribution in [0.4, 0.5) is 0 Å². The lowest BCUT2D eigenvalue weighted by atomic mass is 10.3. The van der Waals surface area contributed by atoms with Crippen molar-refractivity contribution in [2.45, 2.75) is 19.3 Å². The fourth-order valence-corrected chi connectivity index (χ4v) is 1.53. The summed E-state index contributed by atoms with van der Waals surface area (Å²) in [6.07, 6.45) is 3.47. The van der Waals surface area contributed by atoms with Gasteiger partial charge in [0.1, 0.15) is 0 Å². The second kappa shape index (κ2) is 6.40. The predicted molar refractivity (Wildman–Crippen MR) is 50.2 cm³/mol. The number of rotatable bonds is 3. The minimum Gasteiger partial charge on any atom is -0.381 e. The van der Waals surface area contributed by atoms with Crippen molar-refractivity contribution in [2.24, 2.45) is 5.73 Å². The first-order valence-electron chi connectivity index (χ1n) is 4.93. The molecule has 2 N–H and O–H groups in total. The third kappa shape index (κ3) is 4.04. The molecule has 0 unspecified atom stereocenters. The predicted octanol–water partition coefficient (Wildman–Crippen LogP) is 0.448. The summed E-state index contributed by atoms with van der Waals surface area (Å²) >= 11 is 0. The Morgan fingerprint density at radius 1 is 1.17 bits per heavy atom. The Hall–Kier alpha value is -0.120. The molecule has 3 heteroatoms. The van der Waals surface area contributed by atoms with Gasteiger partial charge < -0.3 is 15.4 Å². The topological polar surface area (TPSA) is 38.5 Å². The van der Waals surface area contributed by atoms with Gasteiger partial charge in [-0.05, 0) is 32.4 Å². The van der Waals surface area contributed by atoms with E-state index in [0.717, 1.165) is 32.7 Å². The maximum absolute atomic E-state index is 5.46. The largest absolute Gasteiger partial charge is 0.381 e. The first-order chi connectivity index (χ1) is 5.93. The SMILES string of the molecule is NCCCN1CCCOCCC1. The molecule has 0 aromatic rings. The van der Waals surface area contributed by atoms with Gasteiger partial charge in [0.05, 0.1) is 0 Å². The molecule has 1 heterocycles. The van der Waals surface area contributed by atoms with Gasteiger partial charge in [-0.25, -0.2) is 0 Å². The van der Waals surface area contributed by atoms with Crippen molar-refractivity contribution < 1.29 is 4.74 Å². The zero-order valence-electron chi connectivity index (χ0n) is 7.80. The lowest BCUT2D eigenvalue weighted by molar-refractivity contribution is 0.0886. The maximum atomic E-state index is 5.46. The van der Waals surface area contributed by atoms with E-state index in [2.05, 4.69) is 4.90 Å². The highest BCUT2D eigenvalue weighted by Gasteiger charge is 2.06. The Kier molecular flexibility index (Phi) is 5.32. The summed E-state index contributed by atoms with van der Waals surface area (Å²) in [4.78, 5) is 2.50. The van der Waals surface area contributed by atoms with E-state index < -0.39 is 0 Å². The molecular formula is C9H20N2O. The third-order valence-electron chi connectivity index (χ3n) is 2.20. The van der Waals surface area contributed by atoms with Gasteiger partial charge in [0.15, 0.2) is 0 Å². The number of ether oxygens (including phenoxy) is 1. The molecule has 0 radical (unpaired) electrons. The molecule has 1 aliphatic heterocycles. The standard InChI is InChI=1S/C9H20N2O/c10-4-1-5-11-6-2-8-12-9-3-7-11/h1-10H2. The highest BCUT2D eigenvalue weighted by Crippen LogP contribution is 2.00. The van der Waals surface area contributed by atoms with Crippen molar-refractivity contribution in [3.8, 4) is 0 Å². The molecule has 1 aliphatic rings. The van der Waals surface area contributed by atoms with Crippen molar-refractivity contribution in [3.63, 3.8) is 0 Å². The lowest BCUT2D eigenvalue weighted by Crippen LogP contribution is -2.31. The highest BCUT2D eigenvalue weighted by molar-refractivity contribution is 4.60. The van der Waals surface area contributed by atoms with Gasteiger partial charge in [-0.3, -0.25) is 0 Å². The second-order valence-corrected chi connectivity index (χ2v) is 3.30. The van der Waals surface area contributed by atoms with Crippen LogP contribution in [-0.4, -0.2) is 44.3 Å². The van der Waals surface area contributed by atoms with E-state index in [1.807, 2.05) is 0 Å². The quantitative estimate of drug-likeness (QED) is 0.671. The zero-order valence-corrected chi connectivity index (χ0v) is 7.80. The smallest absolute Gasteiger partial charge is 0.0478 e. The molecule has 0 aromatic heterocycles. The van der Waals surface area contributed by atoms with Gasteiger partial charge in [-0.1, -0.05) is 0 Å². The Morgan fingerprint density at radius 3 is 2.42 bits per heavy atom. The van der Waals surface area contributed by atoms with E-state index >= 15 is 0 Å². The van der Waals surface area contributed by atoms with Gasteiger partial charge in [0.25, 0.3) is 0 Å². The van der Waals surface area contributed by atoms with Crippen LogP contribution in [0.2, 0.25) is 0 Å². The monoisotopic (exact) mass is 172 g/mol. The molecule has 12 heavy (non-hydrogen) atoms. The minimum absolute atomic E-state index is 0.812. The van der Waals surface area contributed by atoms with Crippen LogP contribution in [0.1, 0.15) is 19.3 Å². The van der Waals surface area contributed by atoms with E-state index in [1.165, 1.54) is 25.9 Å². The fraction of sp³-hybridized carbons (Fsp3) is 1.00. The van der Waals surface area contributed by atoms with Crippen LogP contribution in [-0.2, 0) is 4.74 Å². The van der Waals surface area contributed by atoms with Gasteiger partial charge in [-0.2, -0.15) is 0 Å². The van der Waals surface area contributed by atoms with Crippen molar-refractivity contribution >= 4 is 0 Å². The van der Waals surface area contributed by atoms with Crippen LogP contribution in [0.3, 0.4) is 0 Å². The molecule has 0 saturated carbocycles. The Bertz CT molecular complexity index is 97.9. The molecule has 1 saturated heterocycles. The first kappa shape index (κ1) is 9.96. The molecule has 0 atom stereocenters. The van der Waals surface area contributed by atoms with Gasteiger partial charge in [-0.15, -0.1) is 0 Å². The van der Waals surface area contributed by atoms with Crippen molar-refractivity contribution in [1.82, 2.24) is 4.90 Å². The van der Waals surface area contributed by atoms with E-state index in [-0.39, 0.29) is 0 Å². The normalized spacial score (nSPS) is 21.8. The molecule has 3 nitrogen and oxygen atoms in total. The second-order valence-electron chi connectivity index (χ2n) is 3.30. The highest BCUT2D eigenvalue weighted by atomic mass is 16.5. The minimum atomic E-state index is 0.812. The van der Waals surface area contributed by atoms with E-state index in [4.69, 9.17) is 10.5 Å². The maximum Gasteiger partial charge on any atom is 0.0478 e. The van der Waals surface area contributed by atoms with Crippen LogP contribution in [0.5, 0.6) is 0 Å². The van der Waals surface area contributed by atoms with Gasteiger partial charge in [0, 0.05) is 26.3 Å². The van der Waals surface area contributed by atoms with Crippen molar-refractivity contribution in [2.75, 3.05) is 39.4 Å². The molecule has 1 fully saturated rings. The van der Waals surface area contributed by atoms with Gasteiger partial charge in [0.2, 0.25) is 0 Å². The van der Waals surface area contributed by atoms with Crippen molar-refractivity contribution in [1.29, 1.82) is 0 Å². The summed E-state index contributed by atoms with van der Waals surface area (Å²) in [5, 5.41) is 0. The summed E-state index contributed by atoms with van der Waals surface area (Å²) in [7, 11) is 0. The average molecular weight is 172 g/mol. The Balaban J connectivity index is 2.11. The number of nitrogens with two attached hydrogens (primary N) is 1. The summed E-state index contributed by atoms with van der Waals surface area (Å²) in [5.74, 6) is 0. The number of hydrogen-bond acceptors (Lipinski definition) is 3. The summed E-state index contributed by atoms with van der Waals surface area (Å²) < 4.78 is 5.38. The van der Waals surface area contributed by atoms with Crippen LogP contribution in [0.25, 0.3) is 0 Å². The first-order valence-corrected chi connectivity index (χ1v) is 4.93. The van der Waals surface area contributed by atoms with Crippen LogP contribution >= 0.6 is 0 Å². The van der Waals surface area contributed by atoms with Crippen LogP contribution in [0, 0.1) is 0 Å². The van der Waals surface area contributed by atoms with E-state index in [0.29, 0.717) is 0 Å². The molecule has 0 aromatic carbocycles. The zero-order chi connectivity index (χ0) is 8.65. The number of nitrogens with zero attached hydrogens (tertiary/aromatic N) is 1. The molecule has 0 bridgehead atoms.